The van der Waals surface area contributed by atoms with Crippen LogP contribution >= 0.6 is 27.7 Å². The Kier molecular flexibility index (Phi) is 5.19. The number of benzene rings is 1. The van der Waals surface area contributed by atoms with E-state index in [4.69, 9.17) is 4.74 Å². The summed E-state index contributed by atoms with van der Waals surface area (Å²) in [4.78, 5) is 12.5. The number of carbonyl (C=O) groups is 1. The van der Waals surface area contributed by atoms with Crippen LogP contribution < -0.4 is 0 Å². The summed E-state index contributed by atoms with van der Waals surface area (Å²) in [6, 6.07) is 7.83. The van der Waals surface area contributed by atoms with Crippen LogP contribution in [0.2, 0.25) is 0 Å². The van der Waals surface area contributed by atoms with Gasteiger partial charge in [0.25, 0.3) is 0 Å². The van der Waals surface area contributed by atoms with Gasteiger partial charge < -0.3 is 4.74 Å². The summed E-state index contributed by atoms with van der Waals surface area (Å²) in [6.45, 7) is 4.09. The third-order valence-corrected chi connectivity index (χ3v) is 3.87. The predicted octanol–water partition coefficient (Wildman–Crippen LogP) is 3.49. The summed E-state index contributed by atoms with van der Waals surface area (Å²) >= 11 is 4.94. The molecule has 0 radical (unpaired) electrons. The van der Waals surface area contributed by atoms with Gasteiger partial charge in [0, 0.05) is 9.37 Å². The first-order valence-corrected chi connectivity index (χ1v) is 6.40. The molecule has 1 rings (SSSR count). The van der Waals surface area contributed by atoms with E-state index in [1.165, 1.54) is 11.8 Å². The highest BCUT2D eigenvalue weighted by Crippen LogP contribution is 2.30. The molecule has 1 aromatic rings. The summed E-state index contributed by atoms with van der Waals surface area (Å²) in [7, 11) is 0. The van der Waals surface area contributed by atoms with Gasteiger partial charge in [0.2, 0.25) is 0 Å². The van der Waals surface area contributed by atoms with Crippen LogP contribution in [-0.4, -0.2) is 17.8 Å². The van der Waals surface area contributed by atoms with E-state index < -0.39 is 0 Å². The van der Waals surface area contributed by atoms with Crippen molar-refractivity contribution in [3.8, 4) is 0 Å². The second kappa shape index (κ2) is 6.18. The van der Waals surface area contributed by atoms with E-state index in [1.54, 1.807) is 0 Å². The number of esters is 1. The highest BCUT2D eigenvalue weighted by atomic mass is 79.9. The molecule has 0 fully saturated rings. The summed E-state index contributed by atoms with van der Waals surface area (Å²) in [5.41, 5.74) is 0. The van der Waals surface area contributed by atoms with Crippen molar-refractivity contribution < 1.29 is 9.53 Å². The number of hydrogen-bond acceptors (Lipinski definition) is 3. The minimum atomic E-state index is -0.177. The maximum atomic E-state index is 11.4. The first-order valence-electron chi connectivity index (χ1n) is 4.73. The zero-order valence-corrected chi connectivity index (χ0v) is 11.1. The van der Waals surface area contributed by atoms with Gasteiger partial charge in [-0.25, -0.2) is 0 Å². The maximum absolute atomic E-state index is 11.4. The monoisotopic (exact) mass is 288 g/mol. The van der Waals surface area contributed by atoms with Gasteiger partial charge in [0.1, 0.15) is 5.25 Å². The minimum Gasteiger partial charge on any atom is -0.465 e. The Morgan fingerprint density at radius 1 is 1.53 bits per heavy atom. The van der Waals surface area contributed by atoms with E-state index in [2.05, 4.69) is 15.9 Å². The molecular weight excluding hydrogens is 276 g/mol. The normalized spacial score (nSPS) is 12.2. The van der Waals surface area contributed by atoms with Gasteiger partial charge in [0.15, 0.2) is 0 Å². The van der Waals surface area contributed by atoms with Crippen molar-refractivity contribution in [2.24, 2.45) is 0 Å². The lowest BCUT2D eigenvalue weighted by molar-refractivity contribution is -0.142. The van der Waals surface area contributed by atoms with Crippen molar-refractivity contribution in [3.05, 3.63) is 28.7 Å². The second-order valence-electron chi connectivity index (χ2n) is 2.94. The van der Waals surface area contributed by atoms with Crippen molar-refractivity contribution in [1.29, 1.82) is 0 Å². The molecule has 15 heavy (non-hydrogen) atoms. The van der Waals surface area contributed by atoms with Crippen LogP contribution in [0.15, 0.2) is 33.6 Å². The second-order valence-corrected chi connectivity index (χ2v) is 5.18. The van der Waals surface area contributed by atoms with Crippen molar-refractivity contribution in [2.45, 2.75) is 24.0 Å². The molecule has 1 unspecified atom stereocenters. The number of halogens is 1. The van der Waals surface area contributed by atoms with Crippen LogP contribution in [0.25, 0.3) is 0 Å². The van der Waals surface area contributed by atoms with Crippen LogP contribution in [0.4, 0.5) is 0 Å². The van der Waals surface area contributed by atoms with Crippen LogP contribution in [0.1, 0.15) is 13.8 Å². The average molecular weight is 289 g/mol. The van der Waals surface area contributed by atoms with E-state index in [0.717, 1.165) is 9.37 Å². The fraction of sp³-hybridized carbons (Fsp3) is 0.364. The first kappa shape index (κ1) is 12.6. The summed E-state index contributed by atoms with van der Waals surface area (Å²) in [5.74, 6) is -0.168. The van der Waals surface area contributed by atoms with Crippen molar-refractivity contribution in [2.75, 3.05) is 6.61 Å². The van der Waals surface area contributed by atoms with Gasteiger partial charge in [-0.3, -0.25) is 4.79 Å². The van der Waals surface area contributed by atoms with Crippen LogP contribution in [0.3, 0.4) is 0 Å². The Balaban J connectivity index is 2.62. The first-order chi connectivity index (χ1) is 7.15. The molecule has 0 heterocycles. The van der Waals surface area contributed by atoms with E-state index in [-0.39, 0.29) is 11.2 Å². The molecule has 82 valence electrons. The standard InChI is InChI=1S/C11H13BrO2S/c1-3-14-11(13)8(2)15-10-7-5-4-6-9(10)12/h4-8H,3H2,1-2H3. The Labute approximate surface area is 103 Å². The zero-order chi connectivity index (χ0) is 11.3. The highest BCUT2D eigenvalue weighted by Gasteiger charge is 2.16. The Hall–Kier alpha value is -0.480. The van der Waals surface area contributed by atoms with Gasteiger partial charge in [-0.05, 0) is 41.9 Å². The van der Waals surface area contributed by atoms with Gasteiger partial charge in [-0.2, -0.15) is 0 Å². The van der Waals surface area contributed by atoms with Crippen molar-refractivity contribution >= 4 is 33.7 Å². The largest absolute Gasteiger partial charge is 0.465 e. The van der Waals surface area contributed by atoms with E-state index >= 15 is 0 Å². The molecule has 0 saturated carbocycles. The molecule has 4 heteroatoms. The van der Waals surface area contributed by atoms with Crippen LogP contribution in [0, 0.1) is 0 Å². The van der Waals surface area contributed by atoms with Gasteiger partial charge >= 0.3 is 5.97 Å². The van der Waals surface area contributed by atoms with E-state index in [1.807, 2.05) is 38.1 Å². The molecule has 0 aliphatic carbocycles. The smallest absolute Gasteiger partial charge is 0.319 e. The number of hydrogen-bond donors (Lipinski definition) is 0. The van der Waals surface area contributed by atoms with Gasteiger partial charge in [0.05, 0.1) is 6.61 Å². The van der Waals surface area contributed by atoms with E-state index in [9.17, 15) is 4.79 Å². The lowest BCUT2D eigenvalue weighted by atomic mass is 10.4. The molecule has 2 nitrogen and oxygen atoms in total. The minimum absolute atomic E-state index is 0.168. The van der Waals surface area contributed by atoms with Gasteiger partial charge in [-0.15, -0.1) is 11.8 Å². The Bertz CT molecular complexity index is 341. The highest BCUT2D eigenvalue weighted by molar-refractivity contribution is 9.10. The molecule has 0 bridgehead atoms. The third-order valence-electron chi connectivity index (χ3n) is 1.76. The van der Waals surface area contributed by atoms with E-state index in [0.29, 0.717) is 6.61 Å². The summed E-state index contributed by atoms with van der Waals surface area (Å²) < 4.78 is 5.95. The lowest BCUT2D eigenvalue weighted by Gasteiger charge is -2.10. The molecule has 0 saturated heterocycles. The molecule has 0 aliphatic heterocycles. The predicted molar refractivity (Wildman–Crippen MR) is 66.1 cm³/mol. The molecule has 0 N–H and O–H groups in total. The van der Waals surface area contributed by atoms with Gasteiger partial charge in [-0.1, -0.05) is 12.1 Å². The Morgan fingerprint density at radius 2 is 2.20 bits per heavy atom. The molecular formula is C11H13BrO2S. The van der Waals surface area contributed by atoms with Crippen molar-refractivity contribution in [3.63, 3.8) is 0 Å². The maximum Gasteiger partial charge on any atom is 0.319 e. The molecule has 0 spiro atoms. The molecule has 0 amide bonds. The van der Waals surface area contributed by atoms with Crippen LogP contribution in [-0.2, 0) is 9.53 Å². The quantitative estimate of drug-likeness (QED) is 0.627. The van der Waals surface area contributed by atoms with Crippen molar-refractivity contribution in [1.82, 2.24) is 0 Å². The summed E-state index contributed by atoms with van der Waals surface area (Å²) in [5, 5.41) is -0.177. The number of rotatable bonds is 4. The molecule has 1 atom stereocenters. The Morgan fingerprint density at radius 3 is 2.80 bits per heavy atom. The average Bonchev–Trinajstić information content (AvgIpc) is 2.21. The fourth-order valence-corrected chi connectivity index (χ4v) is 2.49. The lowest BCUT2D eigenvalue weighted by Crippen LogP contribution is -2.16. The molecule has 0 aromatic heterocycles. The SMILES string of the molecule is CCOC(=O)C(C)Sc1ccccc1Br. The molecule has 1 aromatic carbocycles. The number of carbonyl (C=O) groups excluding carboxylic acids is 1. The summed E-state index contributed by atoms with van der Waals surface area (Å²) in [6.07, 6.45) is 0. The van der Waals surface area contributed by atoms with Crippen LogP contribution in [0.5, 0.6) is 0 Å². The number of ether oxygens (including phenoxy) is 1. The fourth-order valence-electron chi connectivity index (χ4n) is 1.04. The number of thioether (sulfide) groups is 1. The topological polar surface area (TPSA) is 26.3 Å². The molecule has 0 aliphatic rings. The zero-order valence-electron chi connectivity index (χ0n) is 8.70. The third kappa shape index (κ3) is 3.87.